The molecule has 0 rings (SSSR count). The lowest BCUT2D eigenvalue weighted by Gasteiger charge is -2.10. The van der Waals surface area contributed by atoms with Crippen molar-refractivity contribution in [3.05, 3.63) is 11.6 Å². The summed E-state index contributed by atoms with van der Waals surface area (Å²) in [7, 11) is 0. The van der Waals surface area contributed by atoms with Crippen LogP contribution in [0.25, 0.3) is 0 Å². The minimum atomic E-state index is -0.147. The van der Waals surface area contributed by atoms with Gasteiger partial charge >= 0.3 is 0 Å². The average Bonchev–Trinajstić information content (AvgIpc) is 1.59. The van der Waals surface area contributed by atoms with Crippen molar-refractivity contribution in [2.75, 3.05) is 0 Å². The molecule has 0 aromatic heterocycles. The van der Waals surface area contributed by atoms with E-state index < -0.39 is 0 Å². The van der Waals surface area contributed by atoms with Crippen LogP contribution in [0.3, 0.4) is 0 Å². The molecule has 8 heavy (non-hydrogen) atoms. The van der Waals surface area contributed by atoms with Gasteiger partial charge in [-0.05, 0) is 20.3 Å². The highest BCUT2D eigenvalue weighted by Gasteiger charge is 2.08. The summed E-state index contributed by atoms with van der Waals surface area (Å²) in [5.74, 6) is 0. The molecule has 0 spiro atoms. The second-order valence-electron chi connectivity index (χ2n) is 2.28. The van der Waals surface area contributed by atoms with Crippen molar-refractivity contribution in [2.24, 2.45) is 0 Å². The second-order valence-corrected chi connectivity index (χ2v) is 3.56. The molecule has 0 unspecified atom stereocenters. The van der Waals surface area contributed by atoms with Gasteiger partial charge in [-0.15, -0.1) is 11.6 Å². The topological polar surface area (TPSA) is 0 Å². The van der Waals surface area contributed by atoms with E-state index in [4.69, 9.17) is 23.2 Å². The lowest BCUT2D eigenvalue weighted by atomic mass is 10.1. The average molecular weight is 153 g/mol. The van der Waals surface area contributed by atoms with E-state index in [1.54, 1.807) is 0 Å². The standard InChI is InChI=1S/C6H10Cl2/c1-6(2,8)4-3-5-7/h3,5H,4H2,1-2H3. The van der Waals surface area contributed by atoms with Crippen LogP contribution in [-0.4, -0.2) is 4.87 Å². The zero-order chi connectivity index (χ0) is 6.62. The molecule has 0 N–H and O–H groups in total. The van der Waals surface area contributed by atoms with Crippen molar-refractivity contribution < 1.29 is 0 Å². The third kappa shape index (κ3) is 6.32. The highest BCUT2D eigenvalue weighted by atomic mass is 35.5. The van der Waals surface area contributed by atoms with Crippen LogP contribution in [0.15, 0.2) is 11.6 Å². The summed E-state index contributed by atoms with van der Waals surface area (Å²) < 4.78 is 0. The van der Waals surface area contributed by atoms with Gasteiger partial charge < -0.3 is 0 Å². The van der Waals surface area contributed by atoms with E-state index in [2.05, 4.69) is 0 Å². The lowest BCUT2D eigenvalue weighted by molar-refractivity contribution is 0.712. The SMILES string of the molecule is CC(C)(Cl)CC=CCl. The minimum Gasteiger partial charge on any atom is -0.120 e. The van der Waals surface area contributed by atoms with Gasteiger partial charge in [-0.25, -0.2) is 0 Å². The molecule has 0 bridgehead atoms. The number of alkyl halides is 1. The molecule has 0 aliphatic carbocycles. The molecule has 0 amide bonds. The predicted octanol–water partition coefficient (Wildman–Crippen LogP) is 3.15. The Morgan fingerprint density at radius 2 is 2.00 bits per heavy atom. The van der Waals surface area contributed by atoms with E-state index in [1.807, 2.05) is 19.9 Å². The Hall–Kier alpha value is 0.320. The summed E-state index contributed by atoms with van der Waals surface area (Å²) in [4.78, 5) is -0.147. The van der Waals surface area contributed by atoms with Crippen LogP contribution in [0.2, 0.25) is 0 Å². The van der Waals surface area contributed by atoms with Crippen LogP contribution in [0, 0.1) is 0 Å². The van der Waals surface area contributed by atoms with Gasteiger partial charge in [-0.3, -0.25) is 0 Å². The molecular weight excluding hydrogens is 143 g/mol. The highest BCUT2D eigenvalue weighted by molar-refractivity contribution is 6.25. The third-order valence-electron chi connectivity index (χ3n) is 0.692. The molecule has 0 saturated carbocycles. The smallest absolute Gasteiger partial charge is 0.0425 e. The zero-order valence-corrected chi connectivity index (χ0v) is 6.63. The first-order chi connectivity index (χ1) is 3.56. The Morgan fingerprint density at radius 3 is 2.12 bits per heavy atom. The largest absolute Gasteiger partial charge is 0.120 e. The fraction of sp³-hybridized carbons (Fsp3) is 0.667. The van der Waals surface area contributed by atoms with Crippen molar-refractivity contribution in [2.45, 2.75) is 25.1 Å². The summed E-state index contributed by atoms with van der Waals surface area (Å²) in [6, 6.07) is 0. The monoisotopic (exact) mass is 152 g/mol. The minimum absolute atomic E-state index is 0.147. The van der Waals surface area contributed by atoms with Crippen molar-refractivity contribution in [3.8, 4) is 0 Å². The van der Waals surface area contributed by atoms with Crippen LogP contribution in [0.1, 0.15) is 20.3 Å². The van der Waals surface area contributed by atoms with E-state index in [0.29, 0.717) is 0 Å². The second kappa shape index (κ2) is 3.37. The number of allylic oxidation sites excluding steroid dienone is 1. The third-order valence-corrected chi connectivity index (χ3v) is 1.02. The molecular formula is C6H10Cl2. The van der Waals surface area contributed by atoms with Crippen molar-refractivity contribution in [1.29, 1.82) is 0 Å². The summed E-state index contributed by atoms with van der Waals surface area (Å²) >= 11 is 11.1. The molecule has 48 valence electrons. The van der Waals surface area contributed by atoms with Crippen LogP contribution in [0.4, 0.5) is 0 Å². The summed E-state index contributed by atoms with van der Waals surface area (Å²) in [6.45, 7) is 3.90. The Morgan fingerprint density at radius 1 is 1.50 bits per heavy atom. The van der Waals surface area contributed by atoms with E-state index in [1.165, 1.54) is 5.54 Å². The van der Waals surface area contributed by atoms with Crippen molar-refractivity contribution in [1.82, 2.24) is 0 Å². The maximum atomic E-state index is 5.80. The van der Waals surface area contributed by atoms with Crippen LogP contribution >= 0.6 is 23.2 Å². The first kappa shape index (κ1) is 8.32. The predicted molar refractivity (Wildman–Crippen MR) is 39.5 cm³/mol. The van der Waals surface area contributed by atoms with Crippen molar-refractivity contribution in [3.63, 3.8) is 0 Å². The molecule has 0 aromatic rings. The molecule has 0 heterocycles. The molecule has 0 aromatic carbocycles. The number of rotatable bonds is 2. The maximum absolute atomic E-state index is 5.80. The van der Waals surface area contributed by atoms with Gasteiger partial charge in [-0.2, -0.15) is 0 Å². The van der Waals surface area contributed by atoms with Gasteiger partial charge in [0.25, 0.3) is 0 Å². The normalized spacial score (nSPS) is 13.0. The zero-order valence-electron chi connectivity index (χ0n) is 5.12. The first-order valence-corrected chi connectivity index (χ1v) is 3.32. The van der Waals surface area contributed by atoms with Gasteiger partial charge in [0.05, 0.1) is 0 Å². The van der Waals surface area contributed by atoms with Gasteiger partial charge in [0, 0.05) is 10.4 Å². The fourth-order valence-electron chi connectivity index (χ4n) is 0.325. The Kier molecular flexibility index (Phi) is 3.50. The van der Waals surface area contributed by atoms with Crippen LogP contribution in [-0.2, 0) is 0 Å². The molecule has 0 radical (unpaired) electrons. The maximum Gasteiger partial charge on any atom is 0.0425 e. The summed E-state index contributed by atoms with van der Waals surface area (Å²) in [6.07, 6.45) is 2.66. The van der Waals surface area contributed by atoms with E-state index in [-0.39, 0.29) is 4.87 Å². The van der Waals surface area contributed by atoms with Gasteiger partial charge in [0.15, 0.2) is 0 Å². The van der Waals surface area contributed by atoms with Gasteiger partial charge in [-0.1, -0.05) is 17.7 Å². The fourth-order valence-corrected chi connectivity index (χ4v) is 0.503. The van der Waals surface area contributed by atoms with E-state index in [0.717, 1.165) is 6.42 Å². The molecule has 0 atom stereocenters. The Balaban J connectivity index is 3.39. The van der Waals surface area contributed by atoms with E-state index >= 15 is 0 Å². The lowest BCUT2D eigenvalue weighted by Crippen LogP contribution is -2.06. The first-order valence-electron chi connectivity index (χ1n) is 2.50. The summed E-state index contributed by atoms with van der Waals surface area (Å²) in [5, 5.41) is 0. The number of halogens is 2. The van der Waals surface area contributed by atoms with Gasteiger partial charge in [0.1, 0.15) is 0 Å². The van der Waals surface area contributed by atoms with Crippen LogP contribution < -0.4 is 0 Å². The number of hydrogen-bond acceptors (Lipinski definition) is 0. The summed E-state index contributed by atoms with van der Waals surface area (Å²) in [5.41, 5.74) is 1.49. The van der Waals surface area contributed by atoms with Gasteiger partial charge in [0.2, 0.25) is 0 Å². The molecule has 2 heteroatoms. The molecule has 0 saturated heterocycles. The number of hydrogen-bond donors (Lipinski definition) is 0. The Labute approximate surface area is 60.5 Å². The Bertz CT molecular complexity index is 79.0. The molecule has 0 fully saturated rings. The highest BCUT2D eigenvalue weighted by Crippen LogP contribution is 2.17. The molecule has 0 aliphatic heterocycles. The van der Waals surface area contributed by atoms with Crippen LogP contribution in [0.5, 0.6) is 0 Å². The van der Waals surface area contributed by atoms with E-state index in [9.17, 15) is 0 Å². The molecule has 0 nitrogen and oxygen atoms in total. The molecule has 0 aliphatic rings. The van der Waals surface area contributed by atoms with Crippen molar-refractivity contribution >= 4 is 23.2 Å². The quantitative estimate of drug-likeness (QED) is 0.534.